The van der Waals surface area contributed by atoms with E-state index in [1.165, 1.54) is 23.1 Å². The smallest absolute Gasteiger partial charge is 0.0210 e. The molecular formula is C19H34N2. The Hall–Kier alpha value is -0.860. The van der Waals surface area contributed by atoms with Gasteiger partial charge < -0.3 is 11.1 Å². The van der Waals surface area contributed by atoms with Crippen LogP contribution in [0.1, 0.15) is 71.1 Å². The molecule has 0 aromatic heterocycles. The minimum absolute atomic E-state index is 0.150. The van der Waals surface area contributed by atoms with Crippen LogP contribution in [0.15, 0.2) is 18.2 Å². The molecule has 0 saturated heterocycles. The van der Waals surface area contributed by atoms with Crippen LogP contribution in [0.5, 0.6) is 0 Å². The molecule has 0 heterocycles. The summed E-state index contributed by atoms with van der Waals surface area (Å²) < 4.78 is 0. The van der Waals surface area contributed by atoms with E-state index in [2.05, 4.69) is 65.1 Å². The van der Waals surface area contributed by atoms with Crippen LogP contribution in [0.3, 0.4) is 0 Å². The number of hydrogen-bond acceptors (Lipinski definition) is 2. The number of rotatable bonds is 6. The number of hydrogen-bond donors (Lipinski definition) is 2. The van der Waals surface area contributed by atoms with Gasteiger partial charge in [0.2, 0.25) is 0 Å². The van der Waals surface area contributed by atoms with Gasteiger partial charge in [-0.2, -0.15) is 0 Å². The second-order valence-electron chi connectivity index (χ2n) is 8.14. The number of nitrogens with two attached hydrogens (primary N) is 1. The molecule has 0 amide bonds. The van der Waals surface area contributed by atoms with E-state index < -0.39 is 0 Å². The molecule has 2 heteroatoms. The zero-order chi connectivity index (χ0) is 16.1. The van der Waals surface area contributed by atoms with Crippen LogP contribution in [0, 0.1) is 0 Å². The molecule has 0 aliphatic carbocycles. The second-order valence-corrected chi connectivity index (χ2v) is 8.14. The average Bonchev–Trinajstić information content (AvgIpc) is 2.35. The molecule has 21 heavy (non-hydrogen) atoms. The Morgan fingerprint density at radius 2 is 1.52 bits per heavy atom. The molecule has 0 spiro atoms. The standard InChI is InChI=1S/C19H34N2/c1-18(2,3)17-12-15(9-7-8-10-20)11-16(13-17)14-21-19(4,5)6/h11-13,21H,7-10,14,20H2,1-6H3. The topological polar surface area (TPSA) is 38.0 Å². The van der Waals surface area contributed by atoms with Gasteiger partial charge in [-0.3, -0.25) is 0 Å². The molecule has 0 bridgehead atoms. The van der Waals surface area contributed by atoms with Crippen molar-refractivity contribution in [2.75, 3.05) is 6.54 Å². The van der Waals surface area contributed by atoms with Crippen LogP contribution in [0.2, 0.25) is 0 Å². The normalized spacial score (nSPS) is 12.7. The molecule has 0 saturated carbocycles. The SMILES string of the molecule is CC(C)(C)NCc1cc(CCCCN)cc(C(C)(C)C)c1. The summed E-state index contributed by atoms with van der Waals surface area (Å²) in [7, 11) is 0. The van der Waals surface area contributed by atoms with E-state index in [0.29, 0.717) is 0 Å². The number of unbranched alkanes of at least 4 members (excludes halogenated alkanes) is 1. The monoisotopic (exact) mass is 290 g/mol. The molecule has 0 radical (unpaired) electrons. The van der Waals surface area contributed by atoms with Crippen molar-refractivity contribution in [3.63, 3.8) is 0 Å². The van der Waals surface area contributed by atoms with Gasteiger partial charge in [0, 0.05) is 12.1 Å². The van der Waals surface area contributed by atoms with Gasteiger partial charge in [-0.05, 0) is 68.7 Å². The minimum atomic E-state index is 0.150. The molecule has 0 aliphatic heterocycles. The molecule has 1 aromatic rings. The van der Waals surface area contributed by atoms with Crippen molar-refractivity contribution in [2.24, 2.45) is 5.73 Å². The van der Waals surface area contributed by atoms with Gasteiger partial charge in [0.25, 0.3) is 0 Å². The maximum Gasteiger partial charge on any atom is 0.0210 e. The Kier molecular flexibility index (Phi) is 6.42. The Morgan fingerprint density at radius 1 is 0.905 bits per heavy atom. The van der Waals surface area contributed by atoms with E-state index >= 15 is 0 Å². The Balaban J connectivity index is 2.92. The van der Waals surface area contributed by atoms with Gasteiger partial charge in [0.05, 0.1) is 0 Å². The first-order valence-electron chi connectivity index (χ1n) is 8.20. The highest BCUT2D eigenvalue weighted by molar-refractivity contribution is 5.34. The van der Waals surface area contributed by atoms with E-state index in [1.54, 1.807) is 0 Å². The fourth-order valence-electron chi connectivity index (χ4n) is 2.28. The predicted molar refractivity (Wildman–Crippen MR) is 93.7 cm³/mol. The largest absolute Gasteiger partial charge is 0.330 e. The van der Waals surface area contributed by atoms with Crippen molar-refractivity contribution in [1.29, 1.82) is 0 Å². The summed E-state index contributed by atoms with van der Waals surface area (Å²) >= 11 is 0. The second kappa shape index (κ2) is 7.42. The van der Waals surface area contributed by atoms with Crippen molar-refractivity contribution < 1.29 is 0 Å². The van der Waals surface area contributed by atoms with E-state index in [-0.39, 0.29) is 11.0 Å². The lowest BCUT2D eigenvalue weighted by Gasteiger charge is -2.24. The molecule has 0 atom stereocenters. The summed E-state index contributed by atoms with van der Waals surface area (Å²) in [5.74, 6) is 0. The van der Waals surface area contributed by atoms with Crippen LogP contribution in [-0.2, 0) is 18.4 Å². The molecule has 120 valence electrons. The first-order chi connectivity index (χ1) is 9.62. The number of aryl methyl sites for hydroxylation is 1. The van der Waals surface area contributed by atoms with Crippen LogP contribution in [-0.4, -0.2) is 12.1 Å². The third-order valence-corrected chi connectivity index (χ3v) is 3.66. The summed E-state index contributed by atoms with van der Waals surface area (Å²) in [6.45, 7) is 15.2. The van der Waals surface area contributed by atoms with Gasteiger partial charge >= 0.3 is 0 Å². The fourth-order valence-corrected chi connectivity index (χ4v) is 2.28. The van der Waals surface area contributed by atoms with Crippen LogP contribution < -0.4 is 11.1 Å². The summed E-state index contributed by atoms with van der Waals surface area (Å²) in [5, 5.41) is 3.59. The van der Waals surface area contributed by atoms with Crippen LogP contribution in [0.4, 0.5) is 0 Å². The summed E-state index contributed by atoms with van der Waals surface area (Å²) in [4.78, 5) is 0. The Morgan fingerprint density at radius 3 is 2.05 bits per heavy atom. The predicted octanol–water partition coefficient (Wildman–Crippen LogP) is 4.15. The lowest BCUT2D eigenvalue weighted by molar-refractivity contribution is 0.424. The van der Waals surface area contributed by atoms with E-state index in [0.717, 1.165) is 25.9 Å². The molecule has 0 unspecified atom stereocenters. The van der Waals surface area contributed by atoms with Crippen molar-refractivity contribution in [3.05, 3.63) is 34.9 Å². The van der Waals surface area contributed by atoms with Gasteiger partial charge in [-0.15, -0.1) is 0 Å². The minimum Gasteiger partial charge on any atom is -0.330 e. The zero-order valence-electron chi connectivity index (χ0n) is 14.8. The average molecular weight is 290 g/mol. The maximum absolute atomic E-state index is 5.61. The summed E-state index contributed by atoms with van der Waals surface area (Å²) in [5.41, 5.74) is 10.2. The lowest BCUT2D eigenvalue weighted by atomic mass is 9.84. The van der Waals surface area contributed by atoms with Crippen molar-refractivity contribution >= 4 is 0 Å². The fraction of sp³-hybridized carbons (Fsp3) is 0.684. The van der Waals surface area contributed by atoms with Crippen molar-refractivity contribution in [2.45, 2.75) is 78.3 Å². The quantitative estimate of drug-likeness (QED) is 0.772. The van der Waals surface area contributed by atoms with Gasteiger partial charge in [-0.25, -0.2) is 0 Å². The van der Waals surface area contributed by atoms with Crippen LogP contribution in [0.25, 0.3) is 0 Å². The number of nitrogens with one attached hydrogen (secondary N) is 1. The third kappa shape index (κ3) is 7.10. The zero-order valence-corrected chi connectivity index (χ0v) is 14.8. The Labute approximate surface area is 131 Å². The maximum atomic E-state index is 5.61. The molecule has 2 nitrogen and oxygen atoms in total. The first kappa shape index (κ1) is 18.2. The Bertz CT molecular complexity index is 436. The third-order valence-electron chi connectivity index (χ3n) is 3.66. The molecular weight excluding hydrogens is 256 g/mol. The van der Waals surface area contributed by atoms with Gasteiger partial charge in [-0.1, -0.05) is 39.0 Å². The van der Waals surface area contributed by atoms with E-state index in [4.69, 9.17) is 5.73 Å². The number of benzene rings is 1. The summed E-state index contributed by atoms with van der Waals surface area (Å²) in [6.07, 6.45) is 3.41. The molecule has 0 fully saturated rings. The highest BCUT2D eigenvalue weighted by Gasteiger charge is 2.16. The van der Waals surface area contributed by atoms with Gasteiger partial charge in [0.1, 0.15) is 0 Å². The highest BCUT2D eigenvalue weighted by atomic mass is 14.9. The molecule has 1 aromatic carbocycles. The van der Waals surface area contributed by atoms with E-state index in [1.807, 2.05) is 0 Å². The van der Waals surface area contributed by atoms with Gasteiger partial charge in [0.15, 0.2) is 0 Å². The molecule has 3 N–H and O–H groups in total. The van der Waals surface area contributed by atoms with Crippen LogP contribution >= 0.6 is 0 Å². The molecule has 1 rings (SSSR count). The first-order valence-corrected chi connectivity index (χ1v) is 8.20. The van der Waals surface area contributed by atoms with Crippen molar-refractivity contribution in [1.82, 2.24) is 5.32 Å². The highest BCUT2D eigenvalue weighted by Crippen LogP contribution is 2.25. The lowest BCUT2D eigenvalue weighted by Crippen LogP contribution is -2.35. The van der Waals surface area contributed by atoms with Crippen molar-refractivity contribution in [3.8, 4) is 0 Å². The summed E-state index contributed by atoms with van der Waals surface area (Å²) in [6, 6.07) is 7.08. The molecule has 0 aliphatic rings. The van der Waals surface area contributed by atoms with E-state index in [9.17, 15) is 0 Å².